The quantitative estimate of drug-likeness (QED) is 0.903. The zero-order valence-electron chi connectivity index (χ0n) is 13.5. The molecule has 1 heterocycles. The fourth-order valence-corrected chi connectivity index (χ4v) is 4.55. The molecule has 0 unspecified atom stereocenters. The summed E-state index contributed by atoms with van der Waals surface area (Å²) in [5, 5.41) is 3.31. The van der Waals surface area contributed by atoms with E-state index in [2.05, 4.69) is 12.2 Å². The van der Waals surface area contributed by atoms with Crippen molar-refractivity contribution in [1.29, 1.82) is 0 Å². The first-order valence-corrected chi connectivity index (χ1v) is 9.28. The van der Waals surface area contributed by atoms with Crippen LogP contribution in [0.15, 0.2) is 17.0 Å². The summed E-state index contributed by atoms with van der Waals surface area (Å²) in [6, 6.07) is 2.87. The van der Waals surface area contributed by atoms with Crippen LogP contribution in [0.3, 0.4) is 0 Å². The van der Waals surface area contributed by atoms with Crippen molar-refractivity contribution in [3.8, 4) is 0 Å². The molecule has 124 valence electrons. The van der Waals surface area contributed by atoms with Crippen LogP contribution in [0.25, 0.3) is 0 Å². The fraction of sp³-hybridized carbons (Fsp3) is 0.625. The number of nitrogens with one attached hydrogen (secondary N) is 1. The highest BCUT2D eigenvalue weighted by Gasteiger charge is 2.29. The SMILES string of the molecule is CCNCC1CCN(S(=O)(=O)c2cc(C)c(F)c(C)c2)CC1. The number of aryl methyl sites for hydroxylation is 2. The molecule has 1 N–H and O–H groups in total. The maximum absolute atomic E-state index is 13.7. The van der Waals surface area contributed by atoms with Crippen LogP contribution in [0, 0.1) is 25.6 Å². The van der Waals surface area contributed by atoms with E-state index in [1.807, 2.05) is 0 Å². The second kappa shape index (κ2) is 7.06. The summed E-state index contributed by atoms with van der Waals surface area (Å²) in [7, 11) is -3.52. The molecule has 1 aromatic rings. The van der Waals surface area contributed by atoms with Gasteiger partial charge >= 0.3 is 0 Å². The molecule has 1 aliphatic rings. The minimum atomic E-state index is -3.52. The molecule has 22 heavy (non-hydrogen) atoms. The van der Waals surface area contributed by atoms with Gasteiger partial charge in [-0.3, -0.25) is 0 Å². The highest BCUT2D eigenvalue weighted by Crippen LogP contribution is 2.26. The molecular weight excluding hydrogens is 303 g/mol. The smallest absolute Gasteiger partial charge is 0.243 e. The van der Waals surface area contributed by atoms with Crippen molar-refractivity contribution >= 4 is 10.0 Å². The largest absolute Gasteiger partial charge is 0.317 e. The van der Waals surface area contributed by atoms with Crippen molar-refractivity contribution in [3.05, 3.63) is 29.1 Å². The van der Waals surface area contributed by atoms with Crippen LogP contribution in [0.4, 0.5) is 4.39 Å². The van der Waals surface area contributed by atoms with E-state index >= 15 is 0 Å². The van der Waals surface area contributed by atoms with Gasteiger partial charge in [-0.2, -0.15) is 4.31 Å². The second-order valence-corrected chi connectivity index (χ2v) is 7.96. The van der Waals surface area contributed by atoms with Gasteiger partial charge in [-0.25, -0.2) is 12.8 Å². The number of sulfonamides is 1. The van der Waals surface area contributed by atoms with E-state index in [0.717, 1.165) is 25.9 Å². The van der Waals surface area contributed by atoms with Crippen LogP contribution in [0.1, 0.15) is 30.9 Å². The van der Waals surface area contributed by atoms with Crippen LogP contribution >= 0.6 is 0 Å². The van der Waals surface area contributed by atoms with Crippen molar-refractivity contribution < 1.29 is 12.8 Å². The molecule has 0 aliphatic carbocycles. The summed E-state index contributed by atoms with van der Waals surface area (Å²) in [6.07, 6.45) is 1.73. The molecule has 1 fully saturated rings. The number of halogens is 1. The highest BCUT2D eigenvalue weighted by molar-refractivity contribution is 7.89. The number of hydrogen-bond donors (Lipinski definition) is 1. The van der Waals surface area contributed by atoms with Crippen LogP contribution in [0.2, 0.25) is 0 Å². The summed E-state index contributed by atoms with van der Waals surface area (Å²) in [6.45, 7) is 8.22. The third-order valence-corrected chi connectivity index (χ3v) is 6.18. The third-order valence-electron chi connectivity index (χ3n) is 4.30. The Bertz CT molecular complexity index is 600. The first kappa shape index (κ1) is 17.4. The number of rotatable bonds is 5. The lowest BCUT2D eigenvalue weighted by molar-refractivity contribution is 0.268. The lowest BCUT2D eigenvalue weighted by atomic mass is 9.98. The number of piperidine rings is 1. The van der Waals surface area contributed by atoms with Gasteiger partial charge in [0.2, 0.25) is 10.0 Å². The monoisotopic (exact) mass is 328 g/mol. The predicted molar refractivity (Wildman–Crippen MR) is 85.9 cm³/mol. The molecule has 0 spiro atoms. The molecule has 0 atom stereocenters. The Hall–Kier alpha value is -0.980. The Balaban J connectivity index is 2.12. The number of benzene rings is 1. The zero-order valence-corrected chi connectivity index (χ0v) is 14.3. The van der Waals surface area contributed by atoms with Gasteiger partial charge in [0.15, 0.2) is 0 Å². The fourth-order valence-electron chi connectivity index (χ4n) is 2.91. The van der Waals surface area contributed by atoms with E-state index in [0.29, 0.717) is 30.1 Å². The zero-order chi connectivity index (χ0) is 16.3. The van der Waals surface area contributed by atoms with E-state index in [4.69, 9.17) is 0 Å². The van der Waals surface area contributed by atoms with Gasteiger partial charge in [0.1, 0.15) is 5.82 Å². The first-order valence-electron chi connectivity index (χ1n) is 7.84. The molecule has 2 rings (SSSR count). The van der Waals surface area contributed by atoms with E-state index < -0.39 is 10.0 Å². The van der Waals surface area contributed by atoms with Gasteiger partial charge in [0, 0.05) is 13.1 Å². The minimum absolute atomic E-state index is 0.203. The van der Waals surface area contributed by atoms with Gasteiger partial charge in [0.25, 0.3) is 0 Å². The number of hydrogen-bond acceptors (Lipinski definition) is 3. The highest BCUT2D eigenvalue weighted by atomic mass is 32.2. The van der Waals surface area contributed by atoms with Gasteiger partial charge in [0.05, 0.1) is 4.90 Å². The molecule has 0 bridgehead atoms. The van der Waals surface area contributed by atoms with Crippen molar-refractivity contribution in [2.75, 3.05) is 26.2 Å². The molecule has 0 radical (unpaired) electrons. The Kier molecular flexibility index (Phi) is 5.58. The van der Waals surface area contributed by atoms with Crippen LogP contribution in [0.5, 0.6) is 0 Å². The number of nitrogens with zero attached hydrogens (tertiary/aromatic N) is 1. The van der Waals surface area contributed by atoms with Crippen LogP contribution in [-0.2, 0) is 10.0 Å². The van der Waals surface area contributed by atoms with Crippen molar-refractivity contribution in [2.24, 2.45) is 5.92 Å². The molecule has 1 aromatic carbocycles. The second-order valence-electron chi connectivity index (χ2n) is 6.03. The molecule has 4 nitrogen and oxygen atoms in total. The molecular formula is C16H25FN2O2S. The Morgan fingerprint density at radius 2 is 1.77 bits per heavy atom. The Morgan fingerprint density at radius 1 is 1.23 bits per heavy atom. The van der Waals surface area contributed by atoms with Gasteiger partial charge < -0.3 is 5.32 Å². The summed E-state index contributed by atoms with van der Waals surface area (Å²) in [5.41, 5.74) is 0.751. The Morgan fingerprint density at radius 3 is 2.27 bits per heavy atom. The van der Waals surface area contributed by atoms with E-state index in [1.54, 1.807) is 13.8 Å². The van der Waals surface area contributed by atoms with Crippen LogP contribution in [-0.4, -0.2) is 38.9 Å². The normalized spacial score (nSPS) is 17.8. The molecule has 6 heteroatoms. The predicted octanol–water partition coefficient (Wildman–Crippen LogP) is 2.45. The minimum Gasteiger partial charge on any atom is -0.317 e. The maximum Gasteiger partial charge on any atom is 0.243 e. The first-order chi connectivity index (χ1) is 10.4. The maximum atomic E-state index is 13.7. The molecule has 1 aliphatic heterocycles. The molecule has 0 saturated carbocycles. The van der Waals surface area contributed by atoms with Crippen molar-refractivity contribution in [3.63, 3.8) is 0 Å². The molecule has 1 saturated heterocycles. The average Bonchev–Trinajstić information content (AvgIpc) is 2.50. The average molecular weight is 328 g/mol. The summed E-state index contributed by atoms with van der Waals surface area (Å²) in [5.74, 6) is 0.200. The van der Waals surface area contributed by atoms with Crippen LogP contribution < -0.4 is 5.32 Å². The summed E-state index contributed by atoms with van der Waals surface area (Å²) in [4.78, 5) is 0.203. The topological polar surface area (TPSA) is 49.4 Å². The summed E-state index contributed by atoms with van der Waals surface area (Å²) < 4.78 is 40.6. The Labute approximate surface area is 132 Å². The standard InChI is InChI=1S/C16H25FN2O2S/c1-4-18-11-14-5-7-19(8-6-14)22(20,21)15-9-12(2)16(17)13(3)10-15/h9-10,14,18H,4-8,11H2,1-3H3. The lowest BCUT2D eigenvalue weighted by Crippen LogP contribution is -2.40. The van der Waals surface area contributed by atoms with Gasteiger partial charge in [-0.05, 0) is 69.0 Å². The van der Waals surface area contributed by atoms with Gasteiger partial charge in [-0.1, -0.05) is 6.92 Å². The van der Waals surface area contributed by atoms with E-state index in [1.165, 1.54) is 16.4 Å². The summed E-state index contributed by atoms with van der Waals surface area (Å²) >= 11 is 0. The third kappa shape index (κ3) is 3.67. The lowest BCUT2D eigenvalue weighted by Gasteiger charge is -2.31. The molecule has 0 amide bonds. The van der Waals surface area contributed by atoms with Gasteiger partial charge in [-0.15, -0.1) is 0 Å². The van der Waals surface area contributed by atoms with Crippen molar-refractivity contribution in [2.45, 2.75) is 38.5 Å². The molecule has 0 aromatic heterocycles. The van der Waals surface area contributed by atoms with E-state index in [9.17, 15) is 12.8 Å². The van der Waals surface area contributed by atoms with E-state index in [-0.39, 0.29) is 10.7 Å². The van der Waals surface area contributed by atoms with Crippen molar-refractivity contribution in [1.82, 2.24) is 9.62 Å².